The summed E-state index contributed by atoms with van der Waals surface area (Å²) in [6.45, 7) is 0.754. The van der Waals surface area contributed by atoms with Gasteiger partial charge in [0.05, 0.1) is 28.5 Å². The highest BCUT2D eigenvalue weighted by atomic mass is 35.5. The molecule has 0 bridgehead atoms. The summed E-state index contributed by atoms with van der Waals surface area (Å²) in [5, 5.41) is 0.433. The monoisotopic (exact) mass is 315 g/mol. The highest BCUT2D eigenvalue weighted by molar-refractivity contribution is 6.34. The first-order valence-corrected chi connectivity index (χ1v) is 7.09. The van der Waals surface area contributed by atoms with Gasteiger partial charge < -0.3 is 9.64 Å². The summed E-state index contributed by atoms with van der Waals surface area (Å²) in [4.78, 5) is 18.5. The molecule has 5 nitrogen and oxygen atoms in total. The Morgan fingerprint density at radius 1 is 1.45 bits per heavy atom. The Morgan fingerprint density at radius 3 is 3.05 bits per heavy atom. The lowest BCUT2D eigenvalue weighted by molar-refractivity contribution is 0.0788. The van der Waals surface area contributed by atoms with E-state index in [1.54, 1.807) is 31.5 Å². The summed E-state index contributed by atoms with van der Waals surface area (Å²) in [6.07, 6.45) is 1.67. The van der Waals surface area contributed by atoms with Crippen molar-refractivity contribution in [1.82, 2.24) is 14.5 Å². The van der Waals surface area contributed by atoms with E-state index < -0.39 is 0 Å². The number of halogens is 1. The van der Waals surface area contributed by atoms with Crippen LogP contribution in [-0.2, 0) is 11.3 Å². The van der Waals surface area contributed by atoms with E-state index in [-0.39, 0.29) is 5.91 Å². The molecule has 0 aliphatic carbocycles. The first-order valence-electron chi connectivity index (χ1n) is 6.72. The topological polar surface area (TPSA) is 47.4 Å². The Labute approximate surface area is 133 Å². The third kappa shape index (κ3) is 2.37. The van der Waals surface area contributed by atoms with Crippen molar-refractivity contribution < 1.29 is 9.53 Å². The van der Waals surface area contributed by atoms with Gasteiger partial charge in [-0.1, -0.05) is 23.6 Å². The van der Waals surface area contributed by atoms with E-state index >= 15 is 0 Å². The molecule has 0 atom stereocenters. The SMILES string of the molecule is COCC#Cc1ncn2c1CN(C)C(=O)c1c(Cl)cccc1-2. The fraction of sp³-hybridized carbons (Fsp3) is 0.250. The summed E-state index contributed by atoms with van der Waals surface area (Å²) in [6, 6.07) is 5.39. The molecule has 0 fully saturated rings. The molecule has 22 heavy (non-hydrogen) atoms. The normalized spacial score (nSPS) is 13.0. The molecule has 2 aromatic rings. The number of hydrogen-bond acceptors (Lipinski definition) is 3. The van der Waals surface area contributed by atoms with Crippen LogP contribution in [-0.4, -0.2) is 41.1 Å². The Morgan fingerprint density at radius 2 is 2.27 bits per heavy atom. The van der Waals surface area contributed by atoms with Gasteiger partial charge in [-0.3, -0.25) is 9.36 Å². The van der Waals surface area contributed by atoms with Crippen LogP contribution in [0.3, 0.4) is 0 Å². The predicted molar refractivity (Wildman–Crippen MR) is 83.1 cm³/mol. The molecule has 3 rings (SSSR count). The largest absolute Gasteiger partial charge is 0.372 e. The van der Waals surface area contributed by atoms with Gasteiger partial charge in [-0.05, 0) is 18.1 Å². The number of nitrogens with zero attached hydrogens (tertiary/aromatic N) is 3. The van der Waals surface area contributed by atoms with Gasteiger partial charge in [0, 0.05) is 14.2 Å². The van der Waals surface area contributed by atoms with Crippen molar-refractivity contribution in [3.63, 3.8) is 0 Å². The second-order valence-corrected chi connectivity index (χ2v) is 5.35. The summed E-state index contributed by atoms with van der Waals surface area (Å²) in [7, 11) is 3.33. The Hall–Kier alpha value is -2.29. The zero-order valence-electron chi connectivity index (χ0n) is 12.3. The highest BCUT2D eigenvalue weighted by Crippen LogP contribution is 2.29. The number of ether oxygens (including phenoxy) is 1. The Bertz CT molecular complexity index is 801. The molecule has 0 saturated carbocycles. The highest BCUT2D eigenvalue weighted by Gasteiger charge is 2.27. The number of carbonyl (C=O) groups excluding carboxylic acids is 1. The van der Waals surface area contributed by atoms with Gasteiger partial charge in [-0.25, -0.2) is 4.98 Å². The molecule has 112 valence electrons. The van der Waals surface area contributed by atoms with Gasteiger partial charge in [0.15, 0.2) is 0 Å². The first kappa shape index (κ1) is 14.6. The number of rotatable bonds is 1. The standard InChI is InChI=1S/C16H14ClN3O2/c1-19-9-14-12(6-4-8-22-2)18-10-20(14)13-7-3-5-11(17)15(13)16(19)21/h3,5,7,10H,8-9H2,1-2H3. The number of aromatic nitrogens is 2. The van der Waals surface area contributed by atoms with E-state index in [9.17, 15) is 4.79 Å². The lowest BCUT2D eigenvalue weighted by Crippen LogP contribution is -2.25. The van der Waals surface area contributed by atoms with E-state index in [2.05, 4.69) is 16.8 Å². The van der Waals surface area contributed by atoms with Crippen molar-refractivity contribution in [2.45, 2.75) is 6.54 Å². The van der Waals surface area contributed by atoms with E-state index in [0.717, 1.165) is 11.4 Å². The minimum atomic E-state index is -0.111. The van der Waals surface area contributed by atoms with Gasteiger partial charge in [0.25, 0.3) is 5.91 Å². The van der Waals surface area contributed by atoms with E-state index in [4.69, 9.17) is 16.3 Å². The number of amides is 1. The lowest BCUT2D eigenvalue weighted by atomic mass is 10.1. The number of fused-ring (bicyclic) bond motifs is 3. The van der Waals surface area contributed by atoms with Crippen LogP contribution < -0.4 is 0 Å². The fourth-order valence-electron chi connectivity index (χ4n) is 2.44. The van der Waals surface area contributed by atoms with Crippen LogP contribution in [0, 0.1) is 11.8 Å². The summed E-state index contributed by atoms with van der Waals surface area (Å²) >= 11 is 6.22. The maximum atomic E-state index is 12.5. The molecule has 0 saturated heterocycles. The summed E-state index contributed by atoms with van der Waals surface area (Å²) in [5.74, 6) is 5.77. The number of hydrogen-bond donors (Lipinski definition) is 0. The number of imidazole rings is 1. The number of methoxy groups -OCH3 is 1. The summed E-state index contributed by atoms with van der Waals surface area (Å²) < 4.78 is 6.80. The molecule has 2 heterocycles. The number of carbonyl (C=O) groups is 1. The second kappa shape index (κ2) is 5.84. The summed E-state index contributed by atoms with van der Waals surface area (Å²) in [5.41, 5.74) is 2.72. The van der Waals surface area contributed by atoms with Crippen LogP contribution in [0.2, 0.25) is 5.02 Å². The molecule has 0 spiro atoms. The molecule has 1 amide bonds. The first-order chi connectivity index (χ1) is 10.6. The van der Waals surface area contributed by atoms with Gasteiger partial charge in [-0.15, -0.1) is 0 Å². The van der Waals surface area contributed by atoms with Crippen molar-refractivity contribution in [2.24, 2.45) is 0 Å². The zero-order valence-corrected chi connectivity index (χ0v) is 13.0. The maximum Gasteiger partial charge on any atom is 0.257 e. The van der Waals surface area contributed by atoms with Crippen LogP contribution in [0.1, 0.15) is 21.7 Å². The Kier molecular flexibility index (Phi) is 3.88. The number of benzene rings is 1. The predicted octanol–water partition coefficient (Wildman–Crippen LogP) is 2.11. The van der Waals surface area contributed by atoms with Crippen LogP contribution in [0.25, 0.3) is 5.69 Å². The molecule has 1 aromatic heterocycles. The molecule has 1 aliphatic rings. The third-order valence-corrected chi connectivity index (χ3v) is 3.80. The average molecular weight is 316 g/mol. The van der Waals surface area contributed by atoms with Gasteiger partial charge >= 0.3 is 0 Å². The van der Waals surface area contributed by atoms with Crippen LogP contribution in [0.4, 0.5) is 0 Å². The molecule has 0 N–H and O–H groups in total. The zero-order chi connectivity index (χ0) is 15.7. The van der Waals surface area contributed by atoms with Crippen molar-refractivity contribution in [1.29, 1.82) is 0 Å². The minimum absolute atomic E-state index is 0.111. The maximum absolute atomic E-state index is 12.5. The van der Waals surface area contributed by atoms with Gasteiger partial charge in [0.1, 0.15) is 18.6 Å². The molecule has 1 aliphatic heterocycles. The second-order valence-electron chi connectivity index (χ2n) is 4.94. The average Bonchev–Trinajstić information content (AvgIpc) is 2.84. The van der Waals surface area contributed by atoms with E-state index in [0.29, 0.717) is 29.4 Å². The van der Waals surface area contributed by atoms with Gasteiger partial charge in [-0.2, -0.15) is 0 Å². The smallest absolute Gasteiger partial charge is 0.257 e. The molecular weight excluding hydrogens is 302 g/mol. The fourth-order valence-corrected chi connectivity index (χ4v) is 2.69. The van der Waals surface area contributed by atoms with Crippen LogP contribution in [0.15, 0.2) is 24.5 Å². The quantitative estimate of drug-likeness (QED) is 0.757. The third-order valence-electron chi connectivity index (χ3n) is 3.49. The van der Waals surface area contributed by atoms with E-state index in [1.807, 2.05) is 16.7 Å². The van der Waals surface area contributed by atoms with Crippen LogP contribution >= 0.6 is 11.6 Å². The van der Waals surface area contributed by atoms with Crippen molar-refractivity contribution in [3.05, 3.63) is 46.5 Å². The van der Waals surface area contributed by atoms with Crippen molar-refractivity contribution in [2.75, 3.05) is 20.8 Å². The minimum Gasteiger partial charge on any atom is -0.372 e. The molecule has 6 heteroatoms. The van der Waals surface area contributed by atoms with Gasteiger partial charge in [0.2, 0.25) is 0 Å². The van der Waals surface area contributed by atoms with Crippen molar-refractivity contribution in [3.8, 4) is 17.5 Å². The Balaban J connectivity index is 2.19. The molecule has 0 unspecified atom stereocenters. The molecule has 1 aromatic carbocycles. The van der Waals surface area contributed by atoms with E-state index in [1.165, 1.54) is 0 Å². The lowest BCUT2D eigenvalue weighted by Gasteiger charge is -2.14. The van der Waals surface area contributed by atoms with Crippen LogP contribution in [0.5, 0.6) is 0 Å². The molecular formula is C16H14ClN3O2. The van der Waals surface area contributed by atoms with Crippen molar-refractivity contribution >= 4 is 17.5 Å². The molecule has 0 radical (unpaired) electrons.